The maximum atomic E-state index is 13.4. The number of carbonyl (C=O) groups is 4. The van der Waals surface area contributed by atoms with Crippen molar-refractivity contribution in [3.63, 3.8) is 0 Å². The summed E-state index contributed by atoms with van der Waals surface area (Å²) >= 11 is 3.26. The van der Waals surface area contributed by atoms with Crippen molar-refractivity contribution >= 4 is 75.3 Å². The Labute approximate surface area is 265 Å². The normalized spacial score (nSPS) is 21.7. The number of nitrogen functional groups attached to an aromatic ring is 2. The minimum absolute atomic E-state index is 0.0571. The lowest BCUT2D eigenvalue weighted by atomic mass is 9.89. The molecule has 5 rings (SSSR count). The van der Waals surface area contributed by atoms with Crippen LogP contribution in [0.5, 0.6) is 11.5 Å². The number of carboxylic acid groups (broad SMARTS) is 2. The first-order valence-electron chi connectivity index (χ1n) is 12.8. The molecule has 2 aliphatic rings. The second kappa shape index (κ2) is 12.7. The van der Waals surface area contributed by atoms with Gasteiger partial charge in [0.1, 0.15) is 28.3 Å². The summed E-state index contributed by atoms with van der Waals surface area (Å²) in [5.41, 5.74) is 9.45. The molecule has 2 unspecified atom stereocenters. The first kappa shape index (κ1) is 31.6. The van der Waals surface area contributed by atoms with E-state index in [0.717, 1.165) is 35.2 Å². The van der Waals surface area contributed by atoms with Crippen LogP contribution in [0.25, 0.3) is 0 Å². The number of rotatable bonds is 11. The van der Waals surface area contributed by atoms with E-state index in [1.807, 2.05) is 0 Å². The lowest BCUT2D eigenvalue weighted by Crippen LogP contribution is -2.74. The lowest BCUT2D eigenvalue weighted by molar-refractivity contribution is -0.157. The molecule has 17 nitrogen and oxygen atoms in total. The number of nitrogens with two attached hydrogens (primary N) is 2. The molecule has 0 radical (unpaired) electrons. The summed E-state index contributed by atoms with van der Waals surface area (Å²) in [7, 11) is 0. The number of aliphatic carboxylic acids is 2. The lowest BCUT2D eigenvalue weighted by Gasteiger charge is -2.53. The number of fused-ring (bicyclic) bond motifs is 1. The average molecular weight is 677 g/mol. The number of anilines is 2. The molecule has 2 amide bonds. The van der Waals surface area contributed by atoms with Gasteiger partial charge in [0.25, 0.3) is 5.91 Å². The van der Waals surface area contributed by atoms with Crippen LogP contribution in [-0.4, -0.2) is 99.2 Å². The molecular formula is C25H24N8O9S3. The van der Waals surface area contributed by atoms with Gasteiger partial charge in [0, 0.05) is 35.2 Å². The highest BCUT2D eigenvalue weighted by Crippen LogP contribution is 2.44. The van der Waals surface area contributed by atoms with Crippen molar-refractivity contribution in [2.75, 3.05) is 29.5 Å². The Kier molecular flexibility index (Phi) is 8.89. The van der Waals surface area contributed by atoms with E-state index in [9.17, 15) is 39.6 Å². The number of oxime groups is 1. The van der Waals surface area contributed by atoms with Gasteiger partial charge in [-0.2, -0.15) is 0 Å². The van der Waals surface area contributed by atoms with Crippen LogP contribution in [-0.2, 0) is 24.0 Å². The summed E-state index contributed by atoms with van der Waals surface area (Å²) in [6.07, 6.45) is -0.344. The Hall–Kier alpha value is -4.82. The number of thiazole rings is 1. The third-order valence-electron chi connectivity index (χ3n) is 6.77. The van der Waals surface area contributed by atoms with Gasteiger partial charge in [-0.05, 0) is 18.2 Å². The molecule has 236 valence electrons. The molecule has 4 heterocycles. The zero-order chi connectivity index (χ0) is 32.5. The van der Waals surface area contributed by atoms with Gasteiger partial charge in [0.05, 0.1) is 0 Å². The summed E-state index contributed by atoms with van der Waals surface area (Å²) in [6, 6.07) is 3.66. The molecule has 2 aliphatic heterocycles. The van der Waals surface area contributed by atoms with Crippen molar-refractivity contribution < 1.29 is 44.4 Å². The number of β-lactam (4-membered cyclic amide) rings is 1. The number of aromatic hydroxyl groups is 2. The fraction of sp³-hybridized carbons (Fsp3) is 0.280. The van der Waals surface area contributed by atoms with Crippen LogP contribution in [0.2, 0.25) is 0 Å². The fourth-order valence-electron chi connectivity index (χ4n) is 4.40. The van der Waals surface area contributed by atoms with E-state index in [1.54, 1.807) is 0 Å². The molecule has 45 heavy (non-hydrogen) atoms. The number of amides is 2. The third-order valence-corrected chi connectivity index (χ3v) is 10.2. The Morgan fingerprint density at radius 1 is 1.20 bits per heavy atom. The maximum absolute atomic E-state index is 13.4. The van der Waals surface area contributed by atoms with Crippen molar-refractivity contribution in [3.8, 4) is 11.5 Å². The largest absolute Gasteiger partial charge is 0.504 e. The molecule has 20 heteroatoms. The van der Waals surface area contributed by atoms with E-state index in [4.69, 9.17) is 16.3 Å². The monoisotopic (exact) mass is 676 g/mol. The summed E-state index contributed by atoms with van der Waals surface area (Å²) in [4.78, 5) is 69.5. The SMILES string of the molecule is Nc1ccnc(SCC2(C(=O)O)CS[C@@H]3C(NC(=O)C(=NO[C@@H](C(=O)O)c4ccc(O)c(O)c4)c4csc(N)n4)C(=O)N3C2)n1. The Morgan fingerprint density at radius 2 is 1.98 bits per heavy atom. The molecule has 0 spiro atoms. The molecule has 9 N–H and O–H groups in total. The number of nitrogens with zero attached hydrogens (tertiary/aromatic N) is 5. The Balaban J connectivity index is 1.31. The predicted octanol–water partition coefficient (Wildman–Crippen LogP) is 0.318. The van der Waals surface area contributed by atoms with Crippen LogP contribution < -0.4 is 16.8 Å². The van der Waals surface area contributed by atoms with Crippen molar-refractivity contribution in [1.82, 2.24) is 25.2 Å². The van der Waals surface area contributed by atoms with Crippen molar-refractivity contribution in [3.05, 3.63) is 47.1 Å². The standard InChI is InChI=1S/C25H24N8O9S3/c26-14-3-4-28-24(30-14)45-9-25(22(40)41)7-33-19(37)16(20(33)44-8-25)31-18(36)15(11-6-43-23(27)29-11)32-42-17(21(38)39)10-1-2-12(34)13(35)5-10/h1-6,16-17,20,34-35H,7-9H2,(H2,27,29)(H,31,36)(H,38,39)(H,40,41)(H2,26,28,30)/t16?,17-,20-,25?/m1/s1. The molecular weight excluding hydrogens is 653 g/mol. The van der Waals surface area contributed by atoms with E-state index >= 15 is 0 Å². The van der Waals surface area contributed by atoms with E-state index < -0.39 is 63.9 Å². The van der Waals surface area contributed by atoms with Crippen LogP contribution in [0.15, 0.2) is 46.2 Å². The molecule has 3 aromatic rings. The predicted molar refractivity (Wildman–Crippen MR) is 161 cm³/mol. The first-order valence-corrected chi connectivity index (χ1v) is 15.7. The van der Waals surface area contributed by atoms with E-state index in [2.05, 4.69) is 25.4 Å². The first-order chi connectivity index (χ1) is 21.4. The minimum Gasteiger partial charge on any atom is -0.504 e. The van der Waals surface area contributed by atoms with Crippen molar-refractivity contribution in [1.29, 1.82) is 0 Å². The molecule has 0 aliphatic carbocycles. The second-order valence-corrected chi connectivity index (χ2v) is 12.8. The Bertz CT molecular complexity index is 1710. The molecule has 0 saturated carbocycles. The molecule has 2 saturated heterocycles. The van der Waals surface area contributed by atoms with Crippen molar-refractivity contribution in [2.45, 2.75) is 22.7 Å². The fourth-order valence-corrected chi connectivity index (χ4v) is 7.65. The quantitative estimate of drug-likeness (QED) is 0.0359. The second-order valence-electron chi connectivity index (χ2n) is 9.84. The number of phenolic OH excluding ortho intramolecular Hbond substituents is 2. The number of carboxylic acids is 2. The van der Waals surface area contributed by atoms with Gasteiger partial charge in [-0.15, -0.1) is 23.1 Å². The maximum Gasteiger partial charge on any atom is 0.352 e. The van der Waals surface area contributed by atoms with E-state index in [-0.39, 0.29) is 40.3 Å². The van der Waals surface area contributed by atoms with Gasteiger partial charge in [0.15, 0.2) is 27.5 Å². The van der Waals surface area contributed by atoms with Crippen LogP contribution in [0, 0.1) is 5.41 Å². The summed E-state index contributed by atoms with van der Waals surface area (Å²) in [5.74, 6) is -4.76. The highest BCUT2D eigenvalue weighted by molar-refractivity contribution is 8.00. The number of nitrogens with one attached hydrogen (secondary N) is 1. The zero-order valence-electron chi connectivity index (χ0n) is 22.8. The summed E-state index contributed by atoms with van der Waals surface area (Å²) < 4.78 is 0. The number of carbonyl (C=O) groups excluding carboxylic acids is 2. The number of hydrogen-bond donors (Lipinski definition) is 7. The van der Waals surface area contributed by atoms with Crippen LogP contribution in [0.1, 0.15) is 17.4 Å². The van der Waals surface area contributed by atoms with Gasteiger partial charge in [-0.25, -0.2) is 19.7 Å². The molecule has 2 fully saturated rings. The molecule has 2 aromatic heterocycles. The van der Waals surface area contributed by atoms with E-state index in [1.165, 1.54) is 40.4 Å². The summed E-state index contributed by atoms with van der Waals surface area (Å²) in [6.45, 7) is -0.118. The van der Waals surface area contributed by atoms with Gasteiger partial charge >= 0.3 is 11.9 Å². The molecule has 1 aromatic carbocycles. The number of aromatic nitrogens is 3. The highest BCUT2D eigenvalue weighted by Gasteiger charge is 2.57. The van der Waals surface area contributed by atoms with Gasteiger partial charge in [0.2, 0.25) is 12.0 Å². The molecule has 0 bridgehead atoms. The topological polar surface area (TPSA) is 277 Å². The van der Waals surface area contributed by atoms with Crippen LogP contribution in [0.4, 0.5) is 10.9 Å². The third kappa shape index (κ3) is 6.51. The number of thioether (sulfide) groups is 2. The van der Waals surface area contributed by atoms with Crippen LogP contribution in [0.3, 0.4) is 0 Å². The van der Waals surface area contributed by atoms with Gasteiger partial charge in [-0.3, -0.25) is 14.4 Å². The zero-order valence-corrected chi connectivity index (χ0v) is 25.2. The highest BCUT2D eigenvalue weighted by atomic mass is 32.2. The number of hydrogen-bond acceptors (Lipinski definition) is 16. The van der Waals surface area contributed by atoms with Gasteiger partial charge in [-0.1, -0.05) is 23.0 Å². The van der Waals surface area contributed by atoms with Crippen LogP contribution >= 0.6 is 34.9 Å². The number of phenols is 2. The van der Waals surface area contributed by atoms with Gasteiger partial charge < -0.3 is 46.9 Å². The average Bonchev–Trinajstić information content (AvgIpc) is 3.43. The molecule has 4 atom stereocenters. The van der Waals surface area contributed by atoms with Crippen molar-refractivity contribution in [2.24, 2.45) is 10.6 Å². The number of benzene rings is 1. The van der Waals surface area contributed by atoms with E-state index in [0.29, 0.717) is 5.16 Å². The summed E-state index contributed by atoms with van der Waals surface area (Å²) in [5, 5.41) is 46.6. The minimum atomic E-state index is -1.80. The smallest absolute Gasteiger partial charge is 0.352 e. The Morgan fingerprint density at radius 3 is 2.62 bits per heavy atom.